The fourth-order valence-corrected chi connectivity index (χ4v) is 2.27. The molecule has 0 amide bonds. The average molecular weight is 272 g/mol. The number of pyridine rings is 1. The predicted molar refractivity (Wildman–Crippen MR) is 63.6 cm³/mol. The minimum Gasteiger partial charge on any atom is -0.343 e. The van der Waals surface area contributed by atoms with E-state index in [4.69, 9.17) is 11.6 Å². The van der Waals surface area contributed by atoms with Gasteiger partial charge in [0.05, 0.1) is 17.7 Å². The van der Waals surface area contributed by atoms with Gasteiger partial charge in [0.2, 0.25) is 0 Å². The van der Waals surface area contributed by atoms with Crippen LogP contribution >= 0.6 is 22.9 Å². The molecule has 2 aromatic heterocycles. The molecule has 6 nitrogen and oxygen atoms in total. The summed E-state index contributed by atoms with van der Waals surface area (Å²) >= 11 is 6.96. The monoisotopic (exact) mass is 271 g/mol. The smallest absolute Gasteiger partial charge is 0.332 e. The number of hydrogen-bond donors (Lipinski definition) is 0. The second-order valence-corrected chi connectivity index (χ2v) is 4.90. The van der Waals surface area contributed by atoms with Crippen LogP contribution in [0.5, 0.6) is 0 Å². The molecule has 17 heavy (non-hydrogen) atoms. The van der Waals surface area contributed by atoms with Crippen molar-refractivity contribution >= 4 is 28.6 Å². The van der Waals surface area contributed by atoms with E-state index in [1.807, 2.05) is 0 Å². The first-order valence-electron chi connectivity index (χ1n) is 4.51. The van der Waals surface area contributed by atoms with E-state index in [0.717, 1.165) is 4.88 Å². The first-order valence-corrected chi connectivity index (χ1v) is 5.70. The van der Waals surface area contributed by atoms with Crippen LogP contribution in [0.2, 0.25) is 4.47 Å². The number of thiazole rings is 1. The minimum absolute atomic E-state index is 0.394. The molecule has 0 saturated heterocycles. The second kappa shape index (κ2) is 4.64. The summed E-state index contributed by atoms with van der Waals surface area (Å²) in [6.07, 6.45) is 4.29. The molecule has 0 N–H and O–H groups in total. The highest BCUT2D eigenvalue weighted by molar-refractivity contribution is 7.15. The Kier molecular flexibility index (Phi) is 3.21. The van der Waals surface area contributed by atoms with E-state index in [9.17, 15) is 14.9 Å². The Morgan fingerprint density at radius 3 is 2.94 bits per heavy atom. The zero-order chi connectivity index (χ0) is 12.4. The minimum atomic E-state index is -0.696. The summed E-state index contributed by atoms with van der Waals surface area (Å²) in [5, 5.41) is 10.6. The van der Waals surface area contributed by atoms with Crippen molar-refractivity contribution in [1.82, 2.24) is 9.55 Å². The first-order chi connectivity index (χ1) is 8.06. The van der Waals surface area contributed by atoms with Crippen LogP contribution in [0.15, 0.2) is 29.5 Å². The Labute approximate surface area is 104 Å². The van der Waals surface area contributed by atoms with Gasteiger partial charge in [-0.2, -0.15) is 0 Å². The van der Waals surface area contributed by atoms with Crippen LogP contribution in [-0.2, 0) is 6.54 Å². The maximum Gasteiger partial charge on any atom is 0.332 e. The summed E-state index contributed by atoms with van der Waals surface area (Å²) < 4.78 is 1.96. The maximum atomic E-state index is 11.2. The highest BCUT2D eigenvalue weighted by Gasteiger charge is 2.12. The van der Waals surface area contributed by atoms with Crippen molar-refractivity contribution in [2.45, 2.75) is 6.54 Å². The summed E-state index contributed by atoms with van der Waals surface area (Å²) in [5.41, 5.74) is -1.04. The molecule has 0 aliphatic carbocycles. The van der Waals surface area contributed by atoms with E-state index in [0.29, 0.717) is 11.0 Å². The van der Waals surface area contributed by atoms with E-state index < -0.39 is 16.0 Å². The standard InChI is InChI=1S/C9H6ClN3O3S/c10-9-11-3-6(17-9)4-12-2-1-8(14)7(5-12)13(15)16/h1-3,5H,4H2. The highest BCUT2D eigenvalue weighted by atomic mass is 35.5. The van der Waals surface area contributed by atoms with E-state index in [2.05, 4.69) is 4.98 Å². The van der Waals surface area contributed by atoms with Crippen LogP contribution < -0.4 is 5.43 Å². The zero-order valence-corrected chi connectivity index (χ0v) is 9.94. The predicted octanol–water partition coefficient (Wildman–Crippen LogP) is 1.91. The third kappa shape index (κ3) is 2.69. The SMILES string of the molecule is O=c1ccn(Cc2cnc(Cl)s2)cc1[N+](=O)[O-]. The van der Waals surface area contributed by atoms with Crippen LogP contribution in [0.25, 0.3) is 0 Å². The van der Waals surface area contributed by atoms with Crippen molar-refractivity contribution in [2.24, 2.45) is 0 Å². The van der Waals surface area contributed by atoms with Gasteiger partial charge in [-0.1, -0.05) is 11.6 Å². The highest BCUT2D eigenvalue weighted by Crippen LogP contribution is 2.18. The van der Waals surface area contributed by atoms with Crippen LogP contribution in [0, 0.1) is 10.1 Å². The van der Waals surface area contributed by atoms with Gasteiger partial charge in [-0.15, -0.1) is 11.3 Å². The van der Waals surface area contributed by atoms with E-state index in [1.54, 1.807) is 10.8 Å². The van der Waals surface area contributed by atoms with E-state index in [1.165, 1.54) is 29.8 Å². The quantitative estimate of drug-likeness (QED) is 0.631. The van der Waals surface area contributed by atoms with Crippen molar-refractivity contribution in [1.29, 1.82) is 0 Å². The van der Waals surface area contributed by atoms with Gasteiger partial charge in [0.25, 0.3) is 5.43 Å². The third-order valence-electron chi connectivity index (χ3n) is 2.02. The number of nitro groups is 1. The molecule has 0 fully saturated rings. The van der Waals surface area contributed by atoms with Gasteiger partial charge in [-0.05, 0) is 0 Å². The molecule has 88 valence electrons. The largest absolute Gasteiger partial charge is 0.343 e. The third-order valence-corrected chi connectivity index (χ3v) is 3.12. The van der Waals surface area contributed by atoms with Crippen LogP contribution in [0.3, 0.4) is 0 Å². The lowest BCUT2D eigenvalue weighted by molar-refractivity contribution is -0.386. The number of hydrogen-bond acceptors (Lipinski definition) is 5. The van der Waals surface area contributed by atoms with Gasteiger partial charge in [0, 0.05) is 23.3 Å². The lowest BCUT2D eigenvalue weighted by atomic mass is 10.4. The fourth-order valence-electron chi connectivity index (χ4n) is 1.28. The average Bonchev–Trinajstić information content (AvgIpc) is 2.66. The Balaban J connectivity index is 2.31. The normalized spacial score (nSPS) is 10.4. The molecule has 0 spiro atoms. The summed E-state index contributed by atoms with van der Waals surface area (Å²) in [6.45, 7) is 0.394. The Bertz CT molecular complexity index is 622. The lowest BCUT2D eigenvalue weighted by Crippen LogP contribution is -2.11. The van der Waals surface area contributed by atoms with Gasteiger partial charge in [-0.25, -0.2) is 4.98 Å². The van der Waals surface area contributed by atoms with Crippen molar-refractivity contribution < 1.29 is 4.92 Å². The topological polar surface area (TPSA) is 78.0 Å². The number of rotatable bonds is 3. The number of nitrogens with zero attached hydrogens (tertiary/aromatic N) is 3. The fraction of sp³-hybridized carbons (Fsp3) is 0.111. The molecule has 0 unspecified atom stereocenters. The summed E-state index contributed by atoms with van der Waals surface area (Å²) in [7, 11) is 0. The van der Waals surface area contributed by atoms with Crippen molar-refractivity contribution in [3.05, 3.63) is 54.3 Å². The molecule has 2 heterocycles. The van der Waals surface area contributed by atoms with Gasteiger partial charge < -0.3 is 4.57 Å². The molecule has 0 aliphatic rings. The Morgan fingerprint density at radius 1 is 1.59 bits per heavy atom. The summed E-state index contributed by atoms with van der Waals surface area (Å²) in [5.74, 6) is 0. The molecule has 0 bridgehead atoms. The van der Waals surface area contributed by atoms with Gasteiger partial charge in [-0.3, -0.25) is 14.9 Å². The molecular formula is C9H6ClN3O3S. The van der Waals surface area contributed by atoms with Gasteiger partial charge in [0.15, 0.2) is 4.47 Å². The molecular weight excluding hydrogens is 266 g/mol. The first kappa shape index (κ1) is 11.7. The van der Waals surface area contributed by atoms with E-state index >= 15 is 0 Å². The lowest BCUT2D eigenvalue weighted by Gasteiger charge is -2.02. The number of aromatic nitrogens is 2. The Hall–Kier alpha value is -1.73. The van der Waals surface area contributed by atoms with Crippen LogP contribution in [0.1, 0.15) is 4.88 Å². The van der Waals surface area contributed by atoms with Crippen LogP contribution in [-0.4, -0.2) is 14.5 Å². The molecule has 0 aromatic carbocycles. The molecule has 2 aromatic rings. The molecule has 0 radical (unpaired) electrons. The van der Waals surface area contributed by atoms with Gasteiger partial charge in [0.1, 0.15) is 0 Å². The van der Waals surface area contributed by atoms with E-state index in [-0.39, 0.29) is 0 Å². The van der Waals surface area contributed by atoms with Crippen LogP contribution in [0.4, 0.5) is 5.69 Å². The van der Waals surface area contributed by atoms with Crippen molar-refractivity contribution in [3.8, 4) is 0 Å². The maximum absolute atomic E-state index is 11.2. The molecule has 0 saturated carbocycles. The van der Waals surface area contributed by atoms with Crippen molar-refractivity contribution in [2.75, 3.05) is 0 Å². The molecule has 0 aliphatic heterocycles. The second-order valence-electron chi connectivity index (χ2n) is 3.20. The number of halogens is 1. The summed E-state index contributed by atoms with van der Waals surface area (Å²) in [6, 6.07) is 1.17. The molecule has 0 atom stereocenters. The molecule has 8 heteroatoms. The zero-order valence-electron chi connectivity index (χ0n) is 8.37. The summed E-state index contributed by atoms with van der Waals surface area (Å²) in [4.78, 5) is 25.8. The molecule has 2 rings (SSSR count). The van der Waals surface area contributed by atoms with Gasteiger partial charge >= 0.3 is 5.69 Å². The Morgan fingerprint density at radius 2 is 2.35 bits per heavy atom. The van der Waals surface area contributed by atoms with Crippen molar-refractivity contribution in [3.63, 3.8) is 0 Å².